The van der Waals surface area contributed by atoms with Crippen LogP contribution in [0.1, 0.15) is 33.8 Å². The number of ether oxygens (including phenoxy) is 1. The average molecular weight is 430 g/mol. The van der Waals surface area contributed by atoms with E-state index in [1.54, 1.807) is 18.2 Å². The van der Waals surface area contributed by atoms with Gasteiger partial charge in [-0.25, -0.2) is 9.88 Å². The maximum Gasteiger partial charge on any atom is 0.299 e. The molecule has 1 fully saturated rings. The molecule has 0 bridgehead atoms. The fourth-order valence-corrected chi connectivity index (χ4v) is 4.35. The summed E-state index contributed by atoms with van der Waals surface area (Å²) in [6.45, 7) is 1.24. The molecule has 1 spiro atoms. The van der Waals surface area contributed by atoms with Gasteiger partial charge in [-0.15, -0.1) is 10.2 Å². The van der Waals surface area contributed by atoms with Crippen molar-refractivity contribution in [1.29, 1.82) is 0 Å². The van der Waals surface area contributed by atoms with Crippen LogP contribution in [0.25, 0.3) is 22.4 Å². The first kappa shape index (κ1) is 18.6. The minimum Gasteiger partial charge on any atom is -0.466 e. The molecule has 11 heteroatoms. The van der Waals surface area contributed by atoms with E-state index in [0.717, 1.165) is 5.52 Å². The molecule has 0 aliphatic carbocycles. The number of carbonyl (C=O) groups is 2. The number of imidazole rings is 1. The van der Waals surface area contributed by atoms with E-state index in [0.29, 0.717) is 48.6 Å². The van der Waals surface area contributed by atoms with Gasteiger partial charge in [0.25, 0.3) is 11.8 Å². The van der Waals surface area contributed by atoms with Crippen molar-refractivity contribution in [3.8, 4) is 17.1 Å². The van der Waals surface area contributed by atoms with Crippen LogP contribution in [0.15, 0.2) is 42.5 Å². The van der Waals surface area contributed by atoms with Crippen molar-refractivity contribution >= 4 is 22.8 Å². The monoisotopic (exact) mass is 430 g/mol. The second kappa shape index (κ2) is 6.95. The first-order chi connectivity index (χ1) is 15.6. The van der Waals surface area contributed by atoms with E-state index in [-0.39, 0.29) is 11.4 Å². The molecule has 2 aliphatic rings. The molecular formula is C21H18N8O3. The van der Waals surface area contributed by atoms with Crippen LogP contribution in [0.3, 0.4) is 0 Å². The number of aromatic amines is 2. The number of imide groups is 1. The molecule has 6 rings (SSSR count). The smallest absolute Gasteiger partial charge is 0.299 e. The first-order valence-corrected chi connectivity index (χ1v) is 10.3. The highest BCUT2D eigenvalue weighted by Gasteiger charge is 2.51. The van der Waals surface area contributed by atoms with Crippen LogP contribution >= 0.6 is 0 Å². The summed E-state index contributed by atoms with van der Waals surface area (Å²) in [5.74, 6) is -0.0952. The standard InChI is InChI=1S/C21H18N8O3/c30-19-13-11-12(17-25-27-28-26-17)5-6-16(13)32-21(7-9-22-10-8-21)29(19)20(31)18-23-14-3-1-2-4-15(14)24-18/h1-6,11,22H,7-10H2,(H,23,24)(H,25,26,27,28). The number of hydrogen-bond donors (Lipinski definition) is 3. The van der Waals surface area contributed by atoms with E-state index in [9.17, 15) is 9.59 Å². The number of piperidine rings is 1. The molecule has 2 aromatic carbocycles. The summed E-state index contributed by atoms with van der Waals surface area (Å²) in [5.41, 5.74) is 1.15. The number of para-hydroxylation sites is 2. The number of nitrogens with zero attached hydrogens (tertiary/aromatic N) is 5. The molecule has 0 saturated carbocycles. The highest BCUT2D eigenvalue weighted by Crippen LogP contribution is 2.40. The molecular weight excluding hydrogens is 412 g/mol. The highest BCUT2D eigenvalue weighted by atomic mass is 16.5. The van der Waals surface area contributed by atoms with Crippen molar-refractivity contribution in [3.63, 3.8) is 0 Å². The third-order valence-electron chi connectivity index (χ3n) is 5.90. The Kier molecular flexibility index (Phi) is 4.05. The zero-order chi connectivity index (χ0) is 21.7. The SMILES string of the molecule is O=C(c1nc2ccccc2[nH]1)N1C(=O)c2cc(-c3nn[nH]n3)ccc2OC12CCNCC2. The predicted octanol–water partition coefficient (Wildman–Crippen LogP) is 1.50. The van der Waals surface area contributed by atoms with Crippen LogP contribution in [0.2, 0.25) is 0 Å². The summed E-state index contributed by atoms with van der Waals surface area (Å²) in [6, 6.07) is 12.4. The van der Waals surface area contributed by atoms with E-state index in [1.807, 2.05) is 24.3 Å². The highest BCUT2D eigenvalue weighted by molar-refractivity contribution is 6.12. The van der Waals surface area contributed by atoms with E-state index in [1.165, 1.54) is 4.90 Å². The van der Waals surface area contributed by atoms with Gasteiger partial charge in [-0.1, -0.05) is 12.1 Å². The predicted molar refractivity (Wildman–Crippen MR) is 112 cm³/mol. The Balaban J connectivity index is 1.46. The van der Waals surface area contributed by atoms with Gasteiger partial charge in [-0.2, -0.15) is 5.21 Å². The van der Waals surface area contributed by atoms with Gasteiger partial charge in [0.05, 0.1) is 16.6 Å². The Morgan fingerprint density at radius 1 is 1.12 bits per heavy atom. The van der Waals surface area contributed by atoms with Gasteiger partial charge in [0.15, 0.2) is 11.5 Å². The van der Waals surface area contributed by atoms with Gasteiger partial charge in [0.2, 0.25) is 5.82 Å². The second-order valence-corrected chi connectivity index (χ2v) is 7.79. The average Bonchev–Trinajstić information content (AvgIpc) is 3.50. The number of amides is 2. The van der Waals surface area contributed by atoms with Crippen molar-refractivity contribution < 1.29 is 14.3 Å². The minimum absolute atomic E-state index is 0.0961. The first-order valence-electron chi connectivity index (χ1n) is 10.3. The molecule has 0 unspecified atom stereocenters. The van der Waals surface area contributed by atoms with Crippen molar-refractivity contribution in [2.24, 2.45) is 0 Å². The van der Waals surface area contributed by atoms with Crippen LogP contribution in [-0.2, 0) is 0 Å². The van der Waals surface area contributed by atoms with E-state index < -0.39 is 17.5 Å². The number of hydrogen-bond acceptors (Lipinski definition) is 8. The van der Waals surface area contributed by atoms with Gasteiger partial charge in [-0.3, -0.25) is 9.59 Å². The van der Waals surface area contributed by atoms with E-state index in [2.05, 4.69) is 35.9 Å². The third kappa shape index (κ3) is 2.78. The number of rotatable bonds is 2. The Labute approximate surface area is 181 Å². The fraction of sp³-hybridized carbons (Fsp3) is 0.238. The largest absolute Gasteiger partial charge is 0.466 e. The Hall–Kier alpha value is -4.12. The van der Waals surface area contributed by atoms with Gasteiger partial charge in [0, 0.05) is 31.5 Å². The number of fused-ring (bicyclic) bond motifs is 2. The van der Waals surface area contributed by atoms with Crippen molar-refractivity contribution in [2.45, 2.75) is 18.6 Å². The molecule has 4 heterocycles. The molecule has 1 saturated heterocycles. The van der Waals surface area contributed by atoms with E-state index in [4.69, 9.17) is 4.74 Å². The van der Waals surface area contributed by atoms with Gasteiger partial charge < -0.3 is 15.0 Å². The minimum atomic E-state index is -1.08. The Morgan fingerprint density at radius 3 is 2.75 bits per heavy atom. The molecule has 160 valence electrons. The zero-order valence-corrected chi connectivity index (χ0v) is 16.8. The Bertz CT molecular complexity index is 1310. The lowest BCUT2D eigenvalue weighted by Gasteiger charge is -2.47. The third-order valence-corrected chi connectivity index (χ3v) is 5.90. The maximum atomic E-state index is 13.7. The lowest BCUT2D eigenvalue weighted by molar-refractivity contribution is -0.0779. The molecule has 2 aromatic heterocycles. The molecule has 0 atom stereocenters. The molecule has 2 aliphatic heterocycles. The number of benzene rings is 2. The van der Waals surface area contributed by atoms with E-state index >= 15 is 0 Å². The number of aromatic nitrogens is 6. The maximum absolute atomic E-state index is 13.7. The second-order valence-electron chi connectivity index (χ2n) is 7.79. The molecule has 11 nitrogen and oxygen atoms in total. The summed E-state index contributed by atoms with van der Waals surface area (Å²) in [6.07, 6.45) is 0.938. The fourth-order valence-electron chi connectivity index (χ4n) is 4.35. The molecule has 4 aromatic rings. The molecule has 2 amide bonds. The van der Waals surface area contributed by atoms with Crippen LogP contribution < -0.4 is 10.1 Å². The molecule has 0 radical (unpaired) electrons. The zero-order valence-electron chi connectivity index (χ0n) is 16.8. The number of nitrogens with one attached hydrogen (secondary N) is 3. The molecule has 3 N–H and O–H groups in total. The number of H-pyrrole nitrogens is 2. The van der Waals surface area contributed by atoms with Gasteiger partial charge in [-0.05, 0) is 35.5 Å². The van der Waals surface area contributed by atoms with Crippen LogP contribution in [-0.4, -0.2) is 66.1 Å². The quantitative estimate of drug-likeness (QED) is 0.406. The Morgan fingerprint density at radius 2 is 1.97 bits per heavy atom. The summed E-state index contributed by atoms with van der Waals surface area (Å²) in [4.78, 5) is 36.1. The van der Waals surface area contributed by atoms with Gasteiger partial charge in [0.1, 0.15) is 5.75 Å². The lowest BCUT2D eigenvalue weighted by Crippen LogP contribution is -2.64. The van der Waals surface area contributed by atoms with Crippen molar-refractivity contribution in [2.75, 3.05) is 13.1 Å². The summed E-state index contributed by atoms with van der Waals surface area (Å²) >= 11 is 0. The van der Waals surface area contributed by atoms with Crippen LogP contribution in [0.5, 0.6) is 5.75 Å². The summed E-state index contributed by atoms with van der Waals surface area (Å²) in [7, 11) is 0. The summed E-state index contributed by atoms with van der Waals surface area (Å²) < 4.78 is 6.37. The summed E-state index contributed by atoms with van der Waals surface area (Å²) in [5, 5.41) is 17.2. The number of tetrazole rings is 1. The van der Waals surface area contributed by atoms with Crippen molar-refractivity contribution in [3.05, 3.63) is 53.9 Å². The van der Waals surface area contributed by atoms with Gasteiger partial charge >= 0.3 is 0 Å². The topological polar surface area (TPSA) is 142 Å². The molecule has 32 heavy (non-hydrogen) atoms. The lowest BCUT2D eigenvalue weighted by atomic mass is 9.94. The normalized spacial score (nSPS) is 17.4. The van der Waals surface area contributed by atoms with Crippen molar-refractivity contribution in [1.82, 2.24) is 40.8 Å². The van der Waals surface area contributed by atoms with Crippen LogP contribution in [0, 0.1) is 0 Å². The number of carbonyl (C=O) groups excluding carboxylic acids is 2. The van der Waals surface area contributed by atoms with Crippen LogP contribution in [0.4, 0.5) is 0 Å².